The molecular formula is C11H10BrN7. The van der Waals surface area contributed by atoms with Crippen LogP contribution in [0.2, 0.25) is 0 Å². The normalized spacial score (nSPS) is 10.8. The maximum absolute atomic E-state index is 5.81. The molecule has 0 fully saturated rings. The quantitative estimate of drug-likeness (QED) is 0.721. The lowest BCUT2D eigenvalue weighted by atomic mass is 10.2. The Balaban J connectivity index is 2.17. The zero-order valence-corrected chi connectivity index (χ0v) is 11.6. The van der Waals surface area contributed by atoms with E-state index in [-0.39, 0.29) is 0 Å². The van der Waals surface area contributed by atoms with Crippen molar-refractivity contribution in [1.29, 1.82) is 0 Å². The number of anilines is 1. The maximum Gasteiger partial charge on any atom is 0.190 e. The molecule has 0 aliphatic rings. The first kappa shape index (κ1) is 11.8. The summed E-state index contributed by atoms with van der Waals surface area (Å²) in [6, 6.07) is 7.32. The van der Waals surface area contributed by atoms with Gasteiger partial charge in [-0.3, -0.25) is 4.68 Å². The van der Waals surface area contributed by atoms with Gasteiger partial charge in [-0.2, -0.15) is 9.78 Å². The minimum atomic E-state index is 0.581. The largest absolute Gasteiger partial charge is 0.399 e. The van der Waals surface area contributed by atoms with E-state index >= 15 is 0 Å². The van der Waals surface area contributed by atoms with Crippen LogP contribution in [0, 0.1) is 0 Å². The first-order chi connectivity index (χ1) is 9.15. The van der Waals surface area contributed by atoms with Crippen molar-refractivity contribution >= 4 is 21.6 Å². The Morgan fingerprint density at radius 3 is 2.84 bits per heavy atom. The number of benzene rings is 1. The molecule has 0 amide bonds. The summed E-state index contributed by atoms with van der Waals surface area (Å²) in [5, 5.41) is 16.0. The number of tetrazole rings is 1. The van der Waals surface area contributed by atoms with Crippen molar-refractivity contribution < 1.29 is 0 Å². The van der Waals surface area contributed by atoms with E-state index in [9.17, 15) is 0 Å². The van der Waals surface area contributed by atoms with Crippen LogP contribution in [0.15, 0.2) is 34.9 Å². The Hall–Kier alpha value is -2.22. The second-order valence-electron chi connectivity index (χ2n) is 4.00. The lowest BCUT2D eigenvalue weighted by Gasteiger charge is -2.05. The number of hydrogen-bond donors (Lipinski definition) is 1. The number of aryl methyl sites for hydroxylation is 1. The van der Waals surface area contributed by atoms with E-state index in [0.29, 0.717) is 17.3 Å². The third-order valence-corrected chi connectivity index (χ3v) is 3.31. The Kier molecular flexibility index (Phi) is 2.79. The summed E-state index contributed by atoms with van der Waals surface area (Å²) in [6.45, 7) is 0. The minimum Gasteiger partial charge on any atom is -0.399 e. The van der Waals surface area contributed by atoms with E-state index < -0.39 is 0 Å². The average molecular weight is 320 g/mol. The van der Waals surface area contributed by atoms with E-state index in [4.69, 9.17) is 5.73 Å². The number of nitrogens with two attached hydrogens (primary N) is 1. The number of halogens is 1. The van der Waals surface area contributed by atoms with Crippen LogP contribution in [0.5, 0.6) is 0 Å². The number of rotatable bonds is 2. The molecule has 0 aliphatic carbocycles. The van der Waals surface area contributed by atoms with Crippen molar-refractivity contribution in [2.45, 2.75) is 0 Å². The summed E-state index contributed by atoms with van der Waals surface area (Å²) < 4.78 is 4.13. The molecule has 0 atom stereocenters. The number of nitrogen functional groups attached to an aromatic ring is 1. The minimum absolute atomic E-state index is 0.581. The van der Waals surface area contributed by atoms with Gasteiger partial charge in [0.25, 0.3) is 0 Å². The fraction of sp³-hybridized carbons (Fsp3) is 0.0909. The highest BCUT2D eigenvalue weighted by Crippen LogP contribution is 2.29. The molecule has 0 saturated carbocycles. The molecule has 0 saturated heterocycles. The molecule has 1 aromatic carbocycles. The molecule has 2 heterocycles. The van der Waals surface area contributed by atoms with Crippen molar-refractivity contribution in [3.63, 3.8) is 0 Å². The summed E-state index contributed by atoms with van der Waals surface area (Å²) in [5.41, 5.74) is 7.27. The summed E-state index contributed by atoms with van der Waals surface area (Å²) in [4.78, 5) is 0. The molecule has 3 rings (SSSR count). The van der Waals surface area contributed by atoms with E-state index in [0.717, 1.165) is 10.0 Å². The highest BCUT2D eigenvalue weighted by molar-refractivity contribution is 9.10. The summed E-state index contributed by atoms with van der Waals surface area (Å²) >= 11 is 3.47. The number of hydrogen-bond acceptors (Lipinski definition) is 5. The Morgan fingerprint density at radius 2 is 2.11 bits per heavy atom. The average Bonchev–Trinajstić information content (AvgIpc) is 3.00. The van der Waals surface area contributed by atoms with Crippen molar-refractivity contribution in [1.82, 2.24) is 30.0 Å². The van der Waals surface area contributed by atoms with Crippen LogP contribution < -0.4 is 5.73 Å². The molecule has 96 valence electrons. The van der Waals surface area contributed by atoms with Gasteiger partial charge in [0.1, 0.15) is 0 Å². The lowest BCUT2D eigenvalue weighted by Crippen LogP contribution is -2.02. The van der Waals surface area contributed by atoms with Crippen molar-refractivity contribution in [3.8, 4) is 17.2 Å². The first-order valence-electron chi connectivity index (χ1n) is 5.49. The molecule has 2 aromatic heterocycles. The van der Waals surface area contributed by atoms with Crippen molar-refractivity contribution in [2.24, 2.45) is 7.05 Å². The standard InChI is InChI=1S/C11H10BrN7/c1-18-5-4-10(15-18)19-11(14-16-17-19)8-6-7(13)2-3-9(8)12/h2-6H,13H2,1H3. The first-order valence-corrected chi connectivity index (χ1v) is 6.28. The molecule has 7 nitrogen and oxygen atoms in total. The van der Waals surface area contributed by atoms with Crippen LogP contribution in [0.3, 0.4) is 0 Å². The highest BCUT2D eigenvalue weighted by atomic mass is 79.9. The van der Waals surface area contributed by atoms with Gasteiger partial charge in [0.05, 0.1) is 0 Å². The third-order valence-electron chi connectivity index (χ3n) is 2.62. The predicted octanol–water partition coefficient (Wildman–Crippen LogP) is 1.41. The van der Waals surface area contributed by atoms with Crippen LogP contribution in [0.1, 0.15) is 0 Å². The van der Waals surface area contributed by atoms with E-state index in [2.05, 4.69) is 36.6 Å². The number of aromatic nitrogens is 6. The molecule has 19 heavy (non-hydrogen) atoms. The van der Waals surface area contributed by atoms with E-state index in [1.54, 1.807) is 9.36 Å². The van der Waals surface area contributed by atoms with Gasteiger partial charge in [-0.15, -0.1) is 5.10 Å². The summed E-state index contributed by atoms with van der Waals surface area (Å²) in [7, 11) is 1.84. The fourth-order valence-corrected chi connectivity index (χ4v) is 2.16. The Labute approximate surface area is 117 Å². The predicted molar refractivity (Wildman–Crippen MR) is 73.5 cm³/mol. The van der Waals surface area contributed by atoms with Crippen LogP contribution in [0.25, 0.3) is 17.2 Å². The molecular weight excluding hydrogens is 310 g/mol. The van der Waals surface area contributed by atoms with Crippen molar-refractivity contribution in [2.75, 3.05) is 5.73 Å². The van der Waals surface area contributed by atoms with Gasteiger partial charge in [-0.25, -0.2) is 0 Å². The second-order valence-corrected chi connectivity index (χ2v) is 4.86. The molecule has 3 aromatic rings. The molecule has 0 spiro atoms. The van der Waals surface area contributed by atoms with Crippen molar-refractivity contribution in [3.05, 3.63) is 34.9 Å². The van der Waals surface area contributed by atoms with Gasteiger partial charge in [0.2, 0.25) is 0 Å². The fourth-order valence-electron chi connectivity index (χ4n) is 1.74. The zero-order chi connectivity index (χ0) is 13.4. The monoisotopic (exact) mass is 319 g/mol. The molecule has 0 radical (unpaired) electrons. The van der Waals surface area contributed by atoms with Gasteiger partial charge in [-0.05, 0) is 28.6 Å². The maximum atomic E-state index is 5.81. The Bertz CT molecular complexity index is 730. The van der Waals surface area contributed by atoms with Crippen LogP contribution >= 0.6 is 15.9 Å². The molecule has 2 N–H and O–H groups in total. The van der Waals surface area contributed by atoms with Gasteiger partial charge >= 0.3 is 0 Å². The number of nitrogens with zero attached hydrogens (tertiary/aromatic N) is 6. The topological polar surface area (TPSA) is 87.4 Å². The van der Waals surface area contributed by atoms with Gasteiger partial charge in [0.15, 0.2) is 11.6 Å². The van der Waals surface area contributed by atoms with Crippen LogP contribution in [0.4, 0.5) is 5.69 Å². The SMILES string of the molecule is Cn1ccc(-n2nnnc2-c2cc(N)ccc2Br)n1. The summed E-state index contributed by atoms with van der Waals surface area (Å²) in [6.07, 6.45) is 1.83. The molecule has 0 aliphatic heterocycles. The molecule has 0 unspecified atom stereocenters. The zero-order valence-electron chi connectivity index (χ0n) is 10.0. The second kappa shape index (κ2) is 4.47. The highest BCUT2D eigenvalue weighted by Gasteiger charge is 2.15. The summed E-state index contributed by atoms with van der Waals surface area (Å²) in [5.74, 6) is 1.23. The molecule has 8 heteroatoms. The smallest absolute Gasteiger partial charge is 0.190 e. The van der Waals surface area contributed by atoms with E-state index in [1.807, 2.05) is 37.5 Å². The lowest BCUT2D eigenvalue weighted by molar-refractivity contribution is 0.715. The molecule has 0 bridgehead atoms. The van der Waals surface area contributed by atoms with Gasteiger partial charge in [0, 0.05) is 35.0 Å². The third kappa shape index (κ3) is 2.10. The van der Waals surface area contributed by atoms with Gasteiger partial charge in [-0.1, -0.05) is 15.9 Å². The van der Waals surface area contributed by atoms with Crippen LogP contribution in [-0.2, 0) is 7.05 Å². The van der Waals surface area contributed by atoms with Crippen LogP contribution in [-0.4, -0.2) is 30.0 Å². The van der Waals surface area contributed by atoms with Gasteiger partial charge < -0.3 is 5.73 Å². The Morgan fingerprint density at radius 1 is 1.26 bits per heavy atom. The van der Waals surface area contributed by atoms with E-state index in [1.165, 1.54) is 0 Å².